The van der Waals surface area contributed by atoms with Gasteiger partial charge in [-0.05, 0) is 49.4 Å². The molecule has 2 aromatic heterocycles. The maximum absolute atomic E-state index is 5.89. The molecule has 0 fully saturated rings. The molecule has 152 valence electrons. The third-order valence-corrected chi connectivity index (χ3v) is 6.76. The SMILES string of the molecule is CCNC(=S)c1c(-c2ccc(Br)cc2)c2c3n(c(-c4ccccc4)cn13)CCCC2. The largest absolute Gasteiger partial charge is 0.375 e. The average Bonchev–Trinajstić information content (AvgIpc) is 3.18. The minimum Gasteiger partial charge on any atom is -0.375 e. The van der Waals surface area contributed by atoms with Gasteiger partial charge in [-0.2, -0.15) is 0 Å². The second kappa shape index (κ2) is 8.05. The van der Waals surface area contributed by atoms with Crippen molar-refractivity contribution in [3.05, 3.63) is 76.5 Å². The molecule has 2 aromatic carbocycles. The highest BCUT2D eigenvalue weighted by molar-refractivity contribution is 9.10. The zero-order valence-electron chi connectivity index (χ0n) is 17.0. The summed E-state index contributed by atoms with van der Waals surface area (Å²) < 4.78 is 5.93. The predicted octanol–water partition coefficient (Wildman–Crippen LogP) is 6.46. The first kappa shape index (κ1) is 19.6. The Kier molecular flexibility index (Phi) is 5.25. The summed E-state index contributed by atoms with van der Waals surface area (Å²) in [4.78, 5) is 0.814. The molecular formula is C25H24BrN3S. The lowest BCUT2D eigenvalue weighted by Crippen LogP contribution is -2.23. The first-order valence-corrected chi connectivity index (χ1v) is 11.7. The summed E-state index contributed by atoms with van der Waals surface area (Å²) in [7, 11) is 0. The van der Waals surface area contributed by atoms with Gasteiger partial charge in [0.25, 0.3) is 0 Å². The zero-order valence-corrected chi connectivity index (χ0v) is 19.4. The van der Waals surface area contributed by atoms with E-state index in [0.717, 1.165) is 34.7 Å². The highest BCUT2D eigenvalue weighted by Crippen LogP contribution is 2.39. The number of aryl methyl sites for hydroxylation is 2. The van der Waals surface area contributed by atoms with Gasteiger partial charge in [0.2, 0.25) is 0 Å². The van der Waals surface area contributed by atoms with E-state index in [2.05, 4.69) is 97.9 Å². The van der Waals surface area contributed by atoms with Crippen LogP contribution in [0.3, 0.4) is 0 Å². The van der Waals surface area contributed by atoms with Crippen LogP contribution in [-0.4, -0.2) is 20.5 Å². The Bertz CT molecular complexity index is 1220. The van der Waals surface area contributed by atoms with Crippen LogP contribution in [0.15, 0.2) is 65.3 Å². The number of hydrogen-bond acceptors (Lipinski definition) is 1. The summed E-state index contributed by atoms with van der Waals surface area (Å²) >= 11 is 9.47. The van der Waals surface area contributed by atoms with Gasteiger partial charge in [0.1, 0.15) is 10.6 Å². The van der Waals surface area contributed by atoms with Gasteiger partial charge in [-0.15, -0.1) is 0 Å². The molecule has 0 aliphatic carbocycles. The minimum absolute atomic E-state index is 0.813. The molecule has 5 heteroatoms. The van der Waals surface area contributed by atoms with Gasteiger partial charge >= 0.3 is 0 Å². The number of nitrogens with zero attached hydrogens (tertiary/aromatic N) is 2. The molecule has 3 nitrogen and oxygen atoms in total. The van der Waals surface area contributed by atoms with E-state index in [0.29, 0.717) is 0 Å². The lowest BCUT2D eigenvalue weighted by Gasteiger charge is -2.11. The molecule has 4 aromatic rings. The summed E-state index contributed by atoms with van der Waals surface area (Å²) in [5, 5.41) is 3.41. The van der Waals surface area contributed by atoms with Gasteiger partial charge in [0, 0.05) is 34.9 Å². The van der Waals surface area contributed by atoms with Crippen LogP contribution in [0.1, 0.15) is 31.0 Å². The summed E-state index contributed by atoms with van der Waals surface area (Å²) in [6.45, 7) is 3.94. The Morgan fingerprint density at radius 1 is 1.03 bits per heavy atom. The van der Waals surface area contributed by atoms with Crippen molar-refractivity contribution in [2.24, 2.45) is 0 Å². The molecule has 0 amide bonds. The third kappa shape index (κ3) is 3.21. The molecule has 0 radical (unpaired) electrons. The maximum Gasteiger partial charge on any atom is 0.124 e. The van der Waals surface area contributed by atoms with E-state index in [1.54, 1.807) is 0 Å². The third-order valence-electron chi connectivity index (χ3n) is 5.89. The Balaban J connectivity index is 1.84. The first-order valence-electron chi connectivity index (χ1n) is 10.5. The van der Waals surface area contributed by atoms with E-state index >= 15 is 0 Å². The van der Waals surface area contributed by atoms with E-state index in [-0.39, 0.29) is 0 Å². The smallest absolute Gasteiger partial charge is 0.124 e. The average molecular weight is 478 g/mol. The van der Waals surface area contributed by atoms with E-state index in [4.69, 9.17) is 12.2 Å². The van der Waals surface area contributed by atoms with Crippen LogP contribution in [0.4, 0.5) is 0 Å². The van der Waals surface area contributed by atoms with Crippen molar-refractivity contribution >= 4 is 38.8 Å². The highest BCUT2D eigenvalue weighted by Gasteiger charge is 2.27. The number of aromatic nitrogens is 2. The maximum atomic E-state index is 5.89. The van der Waals surface area contributed by atoms with Crippen LogP contribution in [0.2, 0.25) is 0 Å². The quantitative estimate of drug-likeness (QED) is 0.340. The molecule has 3 heterocycles. The summed E-state index contributed by atoms with van der Waals surface area (Å²) in [5.41, 5.74) is 8.82. The second-order valence-electron chi connectivity index (χ2n) is 7.75. The van der Waals surface area contributed by atoms with Crippen molar-refractivity contribution in [1.29, 1.82) is 0 Å². The number of halogens is 1. The van der Waals surface area contributed by atoms with Gasteiger partial charge in [-0.3, -0.25) is 4.40 Å². The number of nitrogens with one attached hydrogen (secondary N) is 1. The molecule has 0 saturated heterocycles. The normalized spacial score (nSPS) is 13.4. The molecule has 0 bridgehead atoms. The van der Waals surface area contributed by atoms with E-state index in [9.17, 15) is 0 Å². The molecule has 0 saturated carbocycles. The molecule has 1 aliphatic rings. The molecular weight excluding hydrogens is 454 g/mol. The second-order valence-corrected chi connectivity index (χ2v) is 9.08. The fraction of sp³-hybridized carbons (Fsp3) is 0.240. The monoisotopic (exact) mass is 477 g/mol. The summed E-state index contributed by atoms with van der Waals surface area (Å²) in [6, 6.07) is 19.3. The Morgan fingerprint density at radius 3 is 2.53 bits per heavy atom. The van der Waals surface area contributed by atoms with Crippen LogP contribution in [-0.2, 0) is 13.0 Å². The number of thiocarbonyl (C=S) groups is 1. The number of hydrogen-bond donors (Lipinski definition) is 1. The molecule has 1 N–H and O–H groups in total. The Morgan fingerprint density at radius 2 is 1.80 bits per heavy atom. The van der Waals surface area contributed by atoms with Gasteiger partial charge < -0.3 is 9.88 Å². The van der Waals surface area contributed by atoms with Gasteiger partial charge in [0.15, 0.2) is 0 Å². The molecule has 5 rings (SSSR count). The van der Waals surface area contributed by atoms with Crippen LogP contribution in [0.25, 0.3) is 28.0 Å². The molecule has 30 heavy (non-hydrogen) atoms. The van der Waals surface area contributed by atoms with Crippen molar-refractivity contribution in [3.8, 4) is 22.4 Å². The van der Waals surface area contributed by atoms with Crippen LogP contribution in [0, 0.1) is 0 Å². The lowest BCUT2D eigenvalue weighted by atomic mass is 9.98. The highest BCUT2D eigenvalue weighted by atomic mass is 79.9. The minimum atomic E-state index is 0.813. The van der Waals surface area contributed by atoms with Crippen molar-refractivity contribution in [2.45, 2.75) is 32.7 Å². The topological polar surface area (TPSA) is 21.4 Å². The summed E-state index contributed by atoms with van der Waals surface area (Å²) in [6.07, 6.45) is 5.72. The van der Waals surface area contributed by atoms with Gasteiger partial charge in [0.05, 0.1) is 11.4 Å². The Hall–Kier alpha value is -2.37. The fourth-order valence-electron chi connectivity index (χ4n) is 4.62. The van der Waals surface area contributed by atoms with Gasteiger partial charge in [-0.25, -0.2) is 0 Å². The van der Waals surface area contributed by atoms with Crippen LogP contribution in [0.5, 0.6) is 0 Å². The van der Waals surface area contributed by atoms with Crippen molar-refractivity contribution < 1.29 is 0 Å². The Labute approximate surface area is 190 Å². The van der Waals surface area contributed by atoms with Crippen molar-refractivity contribution in [2.75, 3.05) is 6.54 Å². The van der Waals surface area contributed by atoms with E-state index < -0.39 is 0 Å². The predicted molar refractivity (Wildman–Crippen MR) is 132 cm³/mol. The number of rotatable bonds is 4. The number of imidazole rings is 1. The van der Waals surface area contributed by atoms with Crippen LogP contribution < -0.4 is 5.32 Å². The standard InChI is InChI=1S/C25H24BrN3S/c1-2-27-24(30)23-22(18-11-13-19(26)14-12-18)20-10-6-7-15-28-21(16-29(23)25(20)28)17-8-4-3-5-9-17/h3-5,8-9,11-14,16H,2,6-7,10,15H2,1H3,(H,27,30). The first-order chi connectivity index (χ1) is 14.7. The lowest BCUT2D eigenvalue weighted by molar-refractivity contribution is 0.647. The molecule has 1 aliphatic heterocycles. The van der Waals surface area contributed by atoms with Crippen LogP contribution >= 0.6 is 28.1 Å². The number of benzene rings is 2. The van der Waals surface area contributed by atoms with Crippen molar-refractivity contribution in [3.63, 3.8) is 0 Å². The zero-order chi connectivity index (χ0) is 20.7. The van der Waals surface area contributed by atoms with E-state index in [1.807, 2.05) is 0 Å². The van der Waals surface area contributed by atoms with Gasteiger partial charge in [-0.1, -0.05) is 70.6 Å². The molecule has 0 atom stereocenters. The van der Waals surface area contributed by atoms with Crippen molar-refractivity contribution in [1.82, 2.24) is 14.3 Å². The molecule has 0 unspecified atom stereocenters. The summed E-state index contributed by atoms with van der Waals surface area (Å²) in [5.74, 6) is 0. The van der Waals surface area contributed by atoms with E-state index in [1.165, 1.54) is 46.4 Å². The fourth-order valence-corrected chi connectivity index (χ4v) is 5.23. The molecule has 0 spiro atoms.